The van der Waals surface area contributed by atoms with Crippen LogP contribution >= 0.6 is 11.6 Å². The molecule has 5 nitrogen and oxygen atoms in total. The second-order valence-electron chi connectivity index (χ2n) is 7.00. The van der Waals surface area contributed by atoms with Crippen molar-refractivity contribution in [3.63, 3.8) is 0 Å². The summed E-state index contributed by atoms with van der Waals surface area (Å²) < 4.78 is 0. The third-order valence-electron chi connectivity index (χ3n) is 5.19. The van der Waals surface area contributed by atoms with Crippen molar-refractivity contribution in [2.24, 2.45) is 0 Å². The monoisotopic (exact) mass is 352 g/mol. The lowest BCUT2D eigenvalue weighted by Crippen LogP contribution is -2.63. The number of carbonyl (C=O) groups excluding carboxylic acids is 1. The van der Waals surface area contributed by atoms with Crippen LogP contribution in [0.2, 0.25) is 5.02 Å². The Morgan fingerprint density at radius 3 is 2.58 bits per heavy atom. The Morgan fingerprint density at radius 2 is 1.92 bits per heavy atom. The molecular formula is C18H25ClN2O3. The van der Waals surface area contributed by atoms with E-state index in [1.807, 2.05) is 0 Å². The van der Waals surface area contributed by atoms with Crippen molar-refractivity contribution in [1.82, 2.24) is 10.2 Å². The summed E-state index contributed by atoms with van der Waals surface area (Å²) in [6, 6.07) is 7.14. The first-order chi connectivity index (χ1) is 11.5. The van der Waals surface area contributed by atoms with E-state index in [0.717, 1.165) is 12.8 Å². The minimum absolute atomic E-state index is 0.134. The molecule has 24 heavy (non-hydrogen) atoms. The number of aliphatic hydroxyl groups excluding tert-OH is 1. The highest BCUT2D eigenvalue weighted by Gasteiger charge is 2.42. The molecule has 3 rings (SSSR count). The number of amides is 1. The van der Waals surface area contributed by atoms with Gasteiger partial charge in [-0.3, -0.25) is 4.79 Å². The number of benzene rings is 1. The van der Waals surface area contributed by atoms with E-state index in [9.17, 15) is 15.0 Å². The zero-order valence-electron chi connectivity index (χ0n) is 13.7. The van der Waals surface area contributed by atoms with E-state index in [-0.39, 0.29) is 12.5 Å². The fraction of sp³-hybridized carbons (Fsp3) is 0.611. The van der Waals surface area contributed by atoms with E-state index in [1.54, 1.807) is 29.2 Å². The minimum atomic E-state index is -1.30. The Morgan fingerprint density at radius 1 is 1.25 bits per heavy atom. The number of β-amino-alcohol motifs (C(OH)–C–C–N with tert-alkyl or cyclic N) is 1. The van der Waals surface area contributed by atoms with Gasteiger partial charge in [-0.1, -0.05) is 24.4 Å². The number of piperidine rings is 1. The molecule has 2 fully saturated rings. The summed E-state index contributed by atoms with van der Waals surface area (Å²) in [5, 5.41) is 25.1. The normalized spacial score (nSPS) is 28.3. The number of carbonyl (C=O) groups is 1. The molecule has 3 N–H and O–H groups in total. The fourth-order valence-electron chi connectivity index (χ4n) is 3.63. The molecule has 132 valence electrons. The number of hydrogen-bond acceptors (Lipinski definition) is 4. The summed E-state index contributed by atoms with van der Waals surface area (Å²) in [4.78, 5) is 14.3. The molecule has 1 aromatic carbocycles. The van der Waals surface area contributed by atoms with Crippen LogP contribution in [0.15, 0.2) is 24.3 Å². The van der Waals surface area contributed by atoms with Crippen LogP contribution in [-0.4, -0.2) is 58.4 Å². The molecule has 0 radical (unpaired) electrons. The zero-order valence-corrected chi connectivity index (χ0v) is 14.5. The van der Waals surface area contributed by atoms with Crippen LogP contribution in [0, 0.1) is 0 Å². The molecule has 2 aliphatic rings. The van der Waals surface area contributed by atoms with Crippen molar-refractivity contribution in [2.45, 2.75) is 49.9 Å². The van der Waals surface area contributed by atoms with E-state index in [2.05, 4.69) is 5.32 Å². The average molecular weight is 353 g/mol. The number of nitrogens with zero attached hydrogens (tertiary/aromatic N) is 1. The maximum Gasteiger partial charge on any atom is 0.253 e. The second kappa shape index (κ2) is 7.40. The van der Waals surface area contributed by atoms with Crippen LogP contribution < -0.4 is 5.32 Å². The summed E-state index contributed by atoms with van der Waals surface area (Å²) in [7, 11) is 0. The number of likely N-dealkylation sites (tertiary alicyclic amines) is 1. The van der Waals surface area contributed by atoms with Gasteiger partial charge in [-0.25, -0.2) is 0 Å². The predicted octanol–water partition coefficient (Wildman–Crippen LogP) is 1.81. The van der Waals surface area contributed by atoms with Gasteiger partial charge >= 0.3 is 0 Å². The molecule has 0 spiro atoms. The van der Waals surface area contributed by atoms with Gasteiger partial charge < -0.3 is 20.4 Å². The van der Waals surface area contributed by atoms with E-state index >= 15 is 0 Å². The van der Waals surface area contributed by atoms with E-state index < -0.39 is 11.7 Å². The van der Waals surface area contributed by atoms with Crippen LogP contribution in [0.1, 0.15) is 42.5 Å². The molecule has 1 amide bonds. The summed E-state index contributed by atoms with van der Waals surface area (Å²) in [6.07, 6.45) is 4.20. The number of nitrogens with one attached hydrogen (secondary N) is 1. The lowest BCUT2D eigenvalue weighted by Gasteiger charge is -2.43. The van der Waals surface area contributed by atoms with Crippen molar-refractivity contribution in [1.29, 1.82) is 0 Å². The van der Waals surface area contributed by atoms with Gasteiger partial charge in [0, 0.05) is 29.7 Å². The van der Waals surface area contributed by atoms with Gasteiger partial charge in [0.25, 0.3) is 5.91 Å². The minimum Gasteiger partial charge on any atom is -0.390 e. The largest absolute Gasteiger partial charge is 0.390 e. The van der Waals surface area contributed by atoms with Gasteiger partial charge in [-0.15, -0.1) is 0 Å². The molecule has 2 atom stereocenters. The standard InChI is InChI=1S/C18H25ClN2O3/c19-14-7-5-13(6-8-14)17(23)21-10-9-16(22)18(24,12-21)11-20-15-3-1-2-4-15/h5-8,15-16,20,22,24H,1-4,9-12H2/t16-,18+/m0/s1. The fourth-order valence-corrected chi connectivity index (χ4v) is 3.76. The Balaban J connectivity index is 1.65. The molecule has 1 saturated heterocycles. The second-order valence-corrected chi connectivity index (χ2v) is 7.44. The topological polar surface area (TPSA) is 72.8 Å². The van der Waals surface area contributed by atoms with E-state index in [1.165, 1.54) is 12.8 Å². The lowest BCUT2D eigenvalue weighted by atomic mass is 9.88. The summed E-state index contributed by atoms with van der Waals surface area (Å²) in [5.74, 6) is -0.141. The van der Waals surface area contributed by atoms with Crippen LogP contribution in [-0.2, 0) is 0 Å². The van der Waals surface area contributed by atoms with Crippen molar-refractivity contribution < 1.29 is 15.0 Å². The first-order valence-electron chi connectivity index (χ1n) is 8.67. The Hall–Kier alpha value is -1.14. The predicted molar refractivity (Wildman–Crippen MR) is 93.2 cm³/mol. The maximum atomic E-state index is 12.6. The third-order valence-corrected chi connectivity index (χ3v) is 5.44. The molecule has 0 bridgehead atoms. The first-order valence-corrected chi connectivity index (χ1v) is 9.04. The molecule has 1 saturated carbocycles. The van der Waals surface area contributed by atoms with Gasteiger partial charge in [0.05, 0.1) is 12.6 Å². The third kappa shape index (κ3) is 3.91. The summed E-state index contributed by atoms with van der Waals surface area (Å²) in [6.45, 7) is 0.882. The number of aliphatic hydroxyl groups is 2. The smallest absolute Gasteiger partial charge is 0.253 e. The Labute approximate surface area is 147 Å². The van der Waals surface area contributed by atoms with Crippen LogP contribution in [0.5, 0.6) is 0 Å². The van der Waals surface area contributed by atoms with Crippen LogP contribution in [0.4, 0.5) is 0 Å². The van der Waals surface area contributed by atoms with Crippen molar-refractivity contribution in [3.05, 3.63) is 34.9 Å². The molecule has 1 aromatic rings. The van der Waals surface area contributed by atoms with Gasteiger partial charge in [-0.2, -0.15) is 0 Å². The maximum absolute atomic E-state index is 12.6. The molecule has 6 heteroatoms. The van der Waals surface area contributed by atoms with Crippen LogP contribution in [0.25, 0.3) is 0 Å². The summed E-state index contributed by atoms with van der Waals surface area (Å²) >= 11 is 5.86. The van der Waals surface area contributed by atoms with E-state index in [0.29, 0.717) is 36.1 Å². The average Bonchev–Trinajstić information content (AvgIpc) is 3.09. The SMILES string of the molecule is O=C(c1ccc(Cl)cc1)N1CC[C@H](O)[C@@](O)(CNC2CCCC2)C1. The number of hydrogen-bond donors (Lipinski definition) is 3. The quantitative estimate of drug-likeness (QED) is 0.772. The Bertz CT molecular complexity index is 574. The van der Waals surface area contributed by atoms with Crippen LogP contribution in [0.3, 0.4) is 0 Å². The molecule has 1 heterocycles. The molecule has 1 aliphatic carbocycles. The Kier molecular flexibility index (Phi) is 5.45. The van der Waals surface area contributed by atoms with Crippen molar-refractivity contribution in [2.75, 3.05) is 19.6 Å². The zero-order chi connectivity index (χ0) is 17.2. The first kappa shape index (κ1) is 17.7. The van der Waals surface area contributed by atoms with Crippen molar-refractivity contribution >= 4 is 17.5 Å². The molecule has 0 unspecified atom stereocenters. The highest BCUT2D eigenvalue weighted by atomic mass is 35.5. The van der Waals surface area contributed by atoms with E-state index in [4.69, 9.17) is 11.6 Å². The summed E-state index contributed by atoms with van der Waals surface area (Å²) in [5.41, 5.74) is -0.759. The van der Waals surface area contributed by atoms with Gasteiger partial charge in [-0.05, 0) is 43.5 Å². The number of halogens is 1. The lowest BCUT2D eigenvalue weighted by molar-refractivity contribution is -0.112. The van der Waals surface area contributed by atoms with Gasteiger partial charge in [0.1, 0.15) is 5.60 Å². The molecule has 1 aliphatic heterocycles. The molecule has 0 aromatic heterocycles. The number of rotatable bonds is 4. The van der Waals surface area contributed by atoms with Gasteiger partial charge in [0.2, 0.25) is 0 Å². The highest BCUT2D eigenvalue weighted by Crippen LogP contribution is 2.25. The highest BCUT2D eigenvalue weighted by molar-refractivity contribution is 6.30. The van der Waals surface area contributed by atoms with Crippen molar-refractivity contribution in [3.8, 4) is 0 Å². The van der Waals surface area contributed by atoms with Gasteiger partial charge in [0.15, 0.2) is 0 Å². The molecular weight excluding hydrogens is 328 g/mol.